The number of para-hydroxylation sites is 1. The van der Waals surface area contributed by atoms with Crippen LogP contribution in [0.15, 0.2) is 24.3 Å². The largest absolute Gasteiger partial charge is 0.508 e. The molecule has 0 aliphatic carbocycles. The summed E-state index contributed by atoms with van der Waals surface area (Å²) in [6, 6.07) is 7.82. The van der Waals surface area contributed by atoms with Gasteiger partial charge in [-0.2, -0.15) is 0 Å². The van der Waals surface area contributed by atoms with Gasteiger partial charge in [-0.05, 0) is 36.3 Å². The first-order valence-corrected chi connectivity index (χ1v) is 6.96. The van der Waals surface area contributed by atoms with Gasteiger partial charge in [-0.1, -0.05) is 58.2 Å². The van der Waals surface area contributed by atoms with E-state index in [4.69, 9.17) is 0 Å². The second-order valence-corrected chi connectivity index (χ2v) is 5.17. The molecule has 0 heterocycles. The highest BCUT2D eigenvalue weighted by Crippen LogP contribution is 2.34. The van der Waals surface area contributed by atoms with Gasteiger partial charge in [-0.25, -0.2) is 0 Å². The first-order valence-electron chi connectivity index (χ1n) is 6.96. The molecule has 0 amide bonds. The molecular weight excluding hydrogens is 208 g/mol. The molecule has 0 aliphatic rings. The van der Waals surface area contributed by atoms with Gasteiger partial charge >= 0.3 is 0 Å². The van der Waals surface area contributed by atoms with Crippen molar-refractivity contribution in [2.45, 2.75) is 58.8 Å². The zero-order valence-electron chi connectivity index (χ0n) is 11.4. The van der Waals surface area contributed by atoms with Crippen LogP contribution < -0.4 is 0 Å². The van der Waals surface area contributed by atoms with E-state index in [2.05, 4.69) is 26.8 Å². The Balaban J connectivity index is 2.75. The average molecular weight is 234 g/mol. The molecule has 1 N–H and O–H groups in total. The van der Waals surface area contributed by atoms with Crippen molar-refractivity contribution in [2.75, 3.05) is 0 Å². The summed E-state index contributed by atoms with van der Waals surface area (Å²) in [5.74, 6) is 1.73. The second-order valence-electron chi connectivity index (χ2n) is 5.17. The molecule has 17 heavy (non-hydrogen) atoms. The van der Waals surface area contributed by atoms with E-state index in [1.807, 2.05) is 18.2 Å². The molecule has 0 fully saturated rings. The summed E-state index contributed by atoms with van der Waals surface area (Å²) in [5, 5.41) is 9.95. The molecule has 1 heteroatoms. The Morgan fingerprint density at radius 2 is 1.71 bits per heavy atom. The average Bonchev–Trinajstić information content (AvgIpc) is 2.29. The Morgan fingerprint density at radius 1 is 1.06 bits per heavy atom. The summed E-state index contributed by atoms with van der Waals surface area (Å²) >= 11 is 0. The molecule has 2 atom stereocenters. The van der Waals surface area contributed by atoms with Crippen molar-refractivity contribution in [1.29, 1.82) is 0 Å². The normalized spacial score (nSPS) is 14.5. The maximum absolute atomic E-state index is 9.95. The Hall–Kier alpha value is -0.980. The number of phenolic OH excluding ortho intramolecular Hbond substituents is 1. The van der Waals surface area contributed by atoms with Crippen LogP contribution in [-0.2, 0) is 0 Å². The molecular formula is C16H26O. The summed E-state index contributed by atoms with van der Waals surface area (Å²) in [6.07, 6.45) is 6.08. The summed E-state index contributed by atoms with van der Waals surface area (Å²) in [5.41, 5.74) is 1.14. The number of hydrogen-bond acceptors (Lipinski definition) is 1. The Morgan fingerprint density at radius 3 is 2.29 bits per heavy atom. The fourth-order valence-electron chi connectivity index (χ4n) is 2.68. The first kappa shape index (κ1) is 14.1. The Kier molecular flexibility index (Phi) is 6.10. The van der Waals surface area contributed by atoms with E-state index in [0.29, 0.717) is 11.7 Å². The number of benzene rings is 1. The lowest BCUT2D eigenvalue weighted by atomic mass is 9.84. The van der Waals surface area contributed by atoms with Crippen molar-refractivity contribution in [2.24, 2.45) is 5.92 Å². The topological polar surface area (TPSA) is 20.2 Å². The number of rotatable bonds is 7. The molecule has 0 radical (unpaired) electrons. The number of phenols is 1. The third kappa shape index (κ3) is 4.41. The highest BCUT2D eigenvalue weighted by molar-refractivity contribution is 5.34. The first-order chi connectivity index (χ1) is 8.19. The molecule has 2 unspecified atom stereocenters. The van der Waals surface area contributed by atoms with Gasteiger partial charge in [0.05, 0.1) is 0 Å². The van der Waals surface area contributed by atoms with Gasteiger partial charge in [-0.15, -0.1) is 0 Å². The van der Waals surface area contributed by atoms with E-state index < -0.39 is 0 Å². The van der Waals surface area contributed by atoms with E-state index in [-0.39, 0.29) is 0 Å². The van der Waals surface area contributed by atoms with Crippen LogP contribution in [0.2, 0.25) is 0 Å². The molecule has 96 valence electrons. The van der Waals surface area contributed by atoms with Crippen molar-refractivity contribution >= 4 is 0 Å². The van der Waals surface area contributed by atoms with Crippen molar-refractivity contribution in [1.82, 2.24) is 0 Å². The highest BCUT2D eigenvalue weighted by Gasteiger charge is 2.16. The Bertz CT molecular complexity index is 319. The molecule has 0 spiro atoms. The smallest absolute Gasteiger partial charge is 0.119 e. The van der Waals surface area contributed by atoms with Gasteiger partial charge in [0.25, 0.3) is 0 Å². The van der Waals surface area contributed by atoms with Crippen molar-refractivity contribution in [3.8, 4) is 5.75 Å². The molecule has 0 saturated carbocycles. The van der Waals surface area contributed by atoms with Gasteiger partial charge in [0.2, 0.25) is 0 Å². The second kappa shape index (κ2) is 7.37. The fraction of sp³-hybridized carbons (Fsp3) is 0.625. The third-order valence-electron chi connectivity index (χ3n) is 3.48. The van der Waals surface area contributed by atoms with Crippen LogP contribution in [0.1, 0.15) is 64.4 Å². The Labute approximate surface area is 106 Å². The summed E-state index contributed by atoms with van der Waals surface area (Å²) in [7, 11) is 0. The number of hydrogen-bond donors (Lipinski definition) is 1. The maximum atomic E-state index is 9.95. The van der Waals surface area contributed by atoms with Gasteiger partial charge in [0, 0.05) is 0 Å². The van der Waals surface area contributed by atoms with Crippen LogP contribution in [0.5, 0.6) is 5.75 Å². The van der Waals surface area contributed by atoms with Gasteiger partial charge < -0.3 is 5.11 Å². The van der Waals surface area contributed by atoms with Crippen LogP contribution in [0.3, 0.4) is 0 Å². The number of aromatic hydroxyl groups is 1. The lowest BCUT2D eigenvalue weighted by molar-refractivity contribution is 0.401. The molecule has 1 aromatic rings. The van der Waals surface area contributed by atoms with E-state index in [0.717, 1.165) is 11.5 Å². The molecule has 1 aromatic carbocycles. The molecule has 1 rings (SSSR count). The standard InChI is InChI=1S/C16H26O/c1-4-8-13(3)12-14(9-5-2)15-10-6-7-11-16(15)17/h6-7,10-11,13-14,17H,4-5,8-9,12H2,1-3H3. The lowest BCUT2D eigenvalue weighted by Crippen LogP contribution is -2.05. The monoisotopic (exact) mass is 234 g/mol. The summed E-state index contributed by atoms with van der Waals surface area (Å²) in [4.78, 5) is 0. The third-order valence-corrected chi connectivity index (χ3v) is 3.48. The predicted molar refractivity (Wildman–Crippen MR) is 74.4 cm³/mol. The predicted octanol–water partition coefficient (Wildman–Crippen LogP) is 5.10. The van der Waals surface area contributed by atoms with Gasteiger partial charge in [-0.3, -0.25) is 0 Å². The van der Waals surface area contributed by atoms with E-state index in [9.17, 15) is 5.11 Å². The van der Waals surface area contributed by atoms with Crippen molar-refractivity contribution in [3.63, 3.8) is 0 Å². The molecule has 0 saturated heterocycles. The van der Waals surface area contributed by atoms with Crippen LogP contribution in [0.4, 0.5) is 0 Å². The zero-order valence-corrected chi connectivity index (χ0v) is 11.4. The minimum atomic E-state index is 0.467. The minimum Gasteiger partial charge on any atom is -0.508 e. The van der Waals surface area contributed by atoms with Gasteiger partial charge in [0.15, 0.2) is 0 Å². The van der Waals surface area contributed by atoms with Gasteiger partial charge in [0.1, 0.15) is 5.75 Å². The highest BCUT2D eigenvalue weighted by atomic mass is 16.3. The maximum Gasteiger partial charge on any atom is 0.119 e. The van der Waals surface area contributed by atoms with E-state index in [1.165, 1.54) is 32.1 Å². The molecule has 0 bridgehead atoms. The SMILES string of the molecule is CCCC(C)CC(CCC)c1ccccc1O. The molecule has 0 aliphatic heterocycles. The molecule has 1 nitrogen and oxygen atoms in total. The van der Waals surface area contributed by atoms with Crippen LogP contribution in [0.25, 0.3) is 0 Å². The van der Waals surface area contributed by atoms with E-state index in [1.54, 1.807) is 0 Å². The quantitative estimate of drug-likeness (QED) is 0.695. The van der Waals surface area contributed by atoms with E-state index >= 15 is 0 Å². The summed E-state index contributed by atoms with van der Waals surface area (Å²) in [6.45, 7) is 6.79. The van der Waals surface area contributed by atoms with Crippen molar-refractivity contribution in [3.05, 3.63) is 29.8 Å². The van der Waals surface area contributed by atoms with Crippen molar-refractivity contribution < 1.29 is 5.11 Å². The lowest BCUT2D eigenvalue weighted by Gasteiger charge is -2.21. The molecule has 0 aromatic heterocycles. The zero-order chi connectivity index (χ0) is 12.7. The fourth-order valence-corrected chi connectivity index (χ4v) is 2.68. The van der Waals surface area contributed by atoms with Crippen LogP contribution in [-0.4, -0.2) is 5.11 Å². The van der Waals surface area contributed by atoms with Crippen LogP contribution in [0, 0.1) is 5.92 Å². The minimum absolute atomic E-state index is 0.467. The van der Waals surface area contributed by atoms with Crippen LogP contribution >= 0.6 is 0 Å². The summed E-state index contributed by atoms with van der Waals surface area (Å²) < 4.78 is 0.